The summed E-state index contributed by atoms with van der Waals surface area (Å²) in [6.07, 6.45) is 4.86. The number of carbonyl (C=O) groups excluding carboxylic acids is 1. The van der Waals surface area contributed by atoms with Crippen molar-refractivity contribution in [3.8, 4) is 0 Å². The van der Waals surface area contributed by atoms with Gasteiger partial charge in [-0.05, 0) is 38.0 Å². The topological polar surface area (TPSA) is 69.6 Å². The third-order valence-corrected chi connectivity index (χ3v) is 4.89. The van der Waals surface area contributed by atoms with Crippen molar-refractivity contribution in [2.75, 3.05) is 13.1 Å². The van der Waals surface area contributed by atoms with E-state index in [1.54, 1.807) is 4.90 Å². The zero-order valence-corrected chi connectivity index (χ0v) is 12.5. The molecule has 0 spiro atoms. The SMILES string of the molecule is CCCC1(C(=O)O)CCN(C(=O)NC2CC(C)C2)CC1. The number of carbonyl (C=O) groups is 2. The summed E-state index contributed by atoms with van der Waals surface area (Å²) in [6.45, 7) is 5.32. The molecule has 5 nitrogen and oxygen atoms in total. The van der Waals surface area contributed by atoms with E-state index in [1.807, 2.05) is 6.92 Å². The number of rotatable bonds is 4. The Morgan fingerprint density at radius 1 is 1.30 bits per heavy atom. The molecule has 2 rings (SSSR count). The van der Waals surface area contributed by atoms with E-state index >= 15 is 0 Å². The normalized spacial score (nSPS) is 28.6. The van der Waals surface area contributed by atoms with Crippen LogP contribution in [-0.4, -0.2) is 41.1 Å². The molecular weight excluding hydrogens is 256 g/mol. The van der Waals surface area contributed by atoms with Crippen molar-refractivity contribution < 1.29 is 14.7 Å². The molecule has 1 saturated carbocycles. The van der Waals surface area contributed by atoms with Crippen LogP contribution < -0.4 is 5.32 Å². The lowest BCUT2D eigenvalue weighted by Crippen LogP contribution is -2.53. The summed E-state index contributed by atoms with van der Waals surface area (Å²) in [5.74, 6) is 0.0121. The summed E-state index contributed by atoms with van der Waals surface area (Å²) in [5.41, 5.74) is -0.615. The summed E-state index contributed by atoms with van der Waals surface area (Å²) in [5, 5.41) is 12.5. The second kappa shape index (κ2) is 6.02. The number of amides is 2. The first-order chi connectivity index (χ1) is 9.47. The minimum absolute atomic E-state index is 0.0163. The van der Waals surface area contributed by atoms with E-state index in [2.05, 4.69) is 12.2 Å². The van der Waals surface area contributed by atoms with Crippen molar-refractivity contribution in [3.63, 3.8) is 0 Å². The Bertz CT molecular complexity index is 369. The highest BCUT2D eigenvalue weighted by molar-refractivity contribution is 5.77. The summed E-state index contributed by atoms with van der Waals surface area (Å²) in [7, 11) is 0. The molecule has 2 aliphatic rings. The molecular formula is C15H26N2O3. The molecule has 0 aromatic heterocycles. The Kier molecular flexibility index (Phi) is 4.55. The lowest BCUT2D eigenvalue weighted by molar-refractivity contribution is -0.152. The van der Waals surface area contributed by atoms with Crippen molar-refractivity contribution in [2.45, 2.75) is 58.4 Å². The molecule has 0 aromatic rings. The van der Waals surface area contributed by atoms with Gasteiger partial charge in [0.1, 0.15) is 0 Å². The number of aliphatic carboxylic acids is 1. The van der Waals surface area contributed by atoms with Crippen molar-refractivity contribution in [3.05, 3.63) is 0 Å². The first kappa shape index (κ1) is 15.1. The molecule has 1 saturated heterocycles. The number of hydrogen-bond donors (Lipinski definition) is 2. The maximum Gasteiger partial charge on any atom is 0.317 e. The first-order valence-electron chi connectivity index (χ1n) is 7.75. The zero-order chi connectivity index (χ0) is 14.8. The van der Waals surface area contributed by atoms with Gasteiger partial charge in [0, 0.05) is 19.1 Å². The van der Waals surface area contributed by atoms with E-state index in [0.717, 1.165) is 19.3 Å². The van der Waals surface area contributed by atoms with Crippen LogP contribution >= 0.6 is 0 Å². The van der Waals surface area contributed by atoms with Gasteiger partial charge < -0.3 is 15.3 Å². The Hall–Kier alpha value is -1.26. The molecule has 1 heterocycles. The van der Waals surface area contributed by atoms with Crippen LogP contribution in [0.15, 0.2) is 0 Å². The van der Waals surface area contributed by atoms with Crippen LogP contribution in [0.4, 0.5) is 4.79 Å². The second-order valence-corrected chi connectivity index (χ2v) is 6.55. The number of urea groups is 1. The standard InChI is InChI=1S/C15H26N2O3/c1-3-4-15(13(18)19)5-7-17(8-6-15)14(20)16-12-9-11(2)10-12/h11-12H,3-10H2,1-2H3,(H,16,20)(H,18,19). The van der Waals surface area contributed by atoms with Crippen molar-refractivity contribution >= 4 is 12.0 Å². The van der Waals surface area contributed by atoms with E-state index in [4.69, 9.17) is 0 Å². The monoisotopic (exact) mass is 282 g/mol. The Labute approximate surface area is 120 Å². The third kappa shape index (κ3) is 3.07. The van der Waals surface area contributed by atoms with Gasteiger partial charge >= 0.3 is 12.0 Å². The molecule has 1 aliphatic carbocycles. The summed E-state index contributed by atoms with van der Waals surface area (Å²) in [6, 6.07) is 0.302. The number of nitrogens with zero attached hydrogens (tertiary/aromatic N) is 1. The molecule has 1 aliphatic heterocycles. The van der Waals surface area contributed by atoms with Crippen molar-refractivity contribution in [1.82, 2.24) is 10.2 Å². The van der Waals surface area contributed by atoms with Crippen LogP contribution in [0.5, 0.6) is 0 Å². The van der Waals surface area contributed by atoms with Gasteiger partial charge in [-0.1, -0.05) is 20.3 Å². The van der Waals surface area contributed by atoms with E-state index in [0.29, 0.717) is 44.3 Å². The Morgan fingerprint density at radius 2 is 1.90 bits per heavy atom. The van der Waals surface area contributed by atoms with Crippen LogP contribution in [0.1, 0.15) is 52.4 Å². The smallest absolute Gasteiger partial charge is 0.317 e. The van der Waals surface area contributed by atoms with Crippen molar-refractivity contribution in [1.29, 1.82) is 0 Å². The average molecular weight is 282 g/mol. The van der Waals surface area contributed by atoms with Crippen LogP contribution in [0, 0.1) is 11.3 Å². The zero-order valence-electron chi connectivity index (χ0n) is 12.5. The number of nitrogens with one attached hydrogen (secondary N) is 1. The third-order valence-electron chi connectivity index (χ3n) is 4.89. The number of carboxylic acids is 1. The fourth-order valence-electron chi connectivity index (χ4n) is 3.47. The van der Waals surface area contributed by atoms with Gasteiger partial charge in [-0.3, -0.25) is 4.79 Å². The molecule has 0 aromatic carbocycles. The Balaban J connectivity index is 1.83. The highest BCUT2D eigenvalue weighted by Crippen LogP contribution is 2.36. The minimum atomic E-state index is -0.702. The predicted octanol–water partition coefficient (Wildman–Crippen LogP) is 2.46. The molecule has 0 radical (unpaired) electrons. The highest BCUT2D eigenvalue weighted by atomic mass is 16.4. The molecule has 2 amide bonds. The van der Waals surface area contributed by atoms with Gasteiger partial charge in [-0.15, -0.1) is 0 Å². The number of hydrogen-bond acceptors (Lipinski definition) is 2. The maximum atomic E-state index is 12.1. The molecule has 0 atom stereocenters. The molecule has 0 unspecified atom stereocenters. The van der Waals surface area contributed by atoms with Crippen LogP contribution in [0.3, 0.4) is 0 Å². The molecule has 2 fully saturated rings. The van der Waals surface area contributed by atoms with Crippen LogP contribution in [-0.2, 0) is 4.79 Å². The fourth-order valence-corrected chi connectivity index (χ4v) is 3.47. The van der Waals surface area contributed by atoms with Gasteiger partial charge in [0.25, 0.3) is 0 Å². The summed E-state index contributed by atoms with van der Waals surface area (Å²) < 4.78 is 0. The van der Waals surface area contributed by atoms with Gasteiger partial charge in [0.15, 0.2) is 0 Å². The number of piperidine rings is 1. The summed E-state index contributed by atoms with van der Waals surface area (Å²) in [4.78, 5) is 25.4. The number of carboxylic acid groups (broad SMARTS) is 1. The first-order valence-corrected chi connectivity index (χ1v) is 7.75. The van der Waals surface area contributed by atoms with Crippen molar-refractivity contribution in [2.24, 2.45) is 11.3 Å². The largest absolute Gasteiger partial charge is 0.481 e. The van der Waals surface area contributed by atoms with Gasteiger partial charge in [0.2, 0.25) is 0 Å². The van der Waals surface area contributed by atoms with Gasteiger partial charge in [-0.25, -0.2) is 4.79 Å². The molecule has 2 N–H and O–H groups in total. The lowest BCUT2D eigenvalue weighted by atomic mass is 9.75. The molecule has 0 bridgehead atoms. The predicted molar refractivity (Wildman–Crippen MR) is 76.5 cm³/mol. The van der Waals surface area contributed by atoms with E-state index in [9.17, 15) is 14.7 Å². The highest BCUT2D eigenvalue weighted by Gasteiger charge is 2.41. The van der Waals surface area contributed by atoms with Crippen LogP contribution in [0.25, 0.3) is 0 Å². The van der Waals surface area contributed by atoms with E-state index in [-0.39, 0.29) is 6.03 Å². The van der Waals surface area contributed by atoms with E-state index < -0.39 is 11.4 Å². The quantitative estimate of drug-likeness (QED) is 0.832. The van der Waals surface area contributed by atoms with E-state index in [1.165, 1.54) is 0 Å². The lowest BCUT2D eigenvalue weighted by Gasteiger charge is -2.40. The Morgan fingerprint density at radius 3 is 2.35 bits per heavy atom. The average Bonchev–Trinajstić information content (AvgIpc) is 2.37. The molecule has 114 valence electrons. The minimum Gasteiger partial charge on any atom is -0.481 e. The molecule has 5 heteroatoms. The maximum absolute atomic E-state index is 12.1. The van der Waals surface area contributed by atoms with Gasteiger partial charge in [0.05, 0.1) is 5.41 Å². The van der Waals surface area contributed by atoms with Crippen LogP contribution in [0.2, 0.25) is 0 Å². The second-order valence-electron chi connectivity index (χ2n) is 6.55. The summed E-state index contributed by atoms with van der Waals surface area (Å²) >= 11 is 0. The number of likely N-dealkylation sites (tertiary alicyclic amines) is 1. The van der Waals surface area contributed by atoms with Gasteiger partial charge in [-0.2, -0.15) is 0 Å². The fraction of sp³-hybridized carbons (Fsp3) is 0.867. The molecule has 20 heavy (non-hydrogen) atoms.